The number of hydrogen-bond donors (Lipinski definition) is 0. The molecule has 0 amide bonds. The Balaban J connectivity index is 0.00000100. The first-order chi connectivity index (χ1) is 11.6. The lowest BCUT2D eigenvalue weighted by Gasteiger charge is -2.28. The van der Waals surface area contributed by atoms with E-state index < -0.39 is 0 Å². The van der Waals surface area contributed by atoms with Crippen molar-refractivity contribution in [3.8, 4) is 0 Å². The van der Waals surface area contributed by atoms with Gasteiger partial charge in [0, 0.05) is 6.54 Å². The van der Waals surface area contributed by atoms with Crippen LogP contribution < -0.4 is 5.56 Å². The Bertz CT molecular complexity index is 700. The number of aryl methyl sites for hydroxylation is 1. The van der Waals surface area contributed by atoms with Crippen molar-refractivity contribution in [1.82, 2.24) is 14.5 Å². The maximum atomic E-state index is 12.6. The number of rotatable bonds is 4. The Morgan fingerprint density at radius 3 is 2.54 bits per heavy atom. The fourth-order valence-corrected chi connectivity index (χ4v) is 3.43. The minimum absolute atomic E-state index is 0.103. The third-order valence-electron chi connectivity index (χ3n) is 4.88. The predicted octanol–water partition coefficient (Wildman–Crippen LogP) is 3.85. The van der Waals surface area contributed by atoms with Crippen LogP contribution in [0, 0.1) is 12.8 Å². The van der Waals surface area contributed by atoms with Gasteiger partial charge in [-0.2, -0.15) is 0 Å². The van der Waals surface area contributed by atoms with Crippen LogP contribution in [0.3, 0.4) is 0 Å². The van der Waals surface area contributed by atoms with Gasteiger partial charge >= 0.3 is 0 Å². The minimum atomic E-state index is 0.103. The van der Waals surface area contributed by atoms with Gasteiger partial charge < -0.3 is 4.90 Å². The average molecular weight is 329 g/mol. The molecule has 4 nitrogen and oxygen atoms in total. The maximum absolute atomic E-state index is 12.6. The second kappa shape index (κ2) is 8.97. The minimum Gasteiger partial charge on any atom is -0.306 e. The van der Waals surface area contributed by atoms with Crippen molar-refractivity contribution in [3.05, 3.63) is 40.4 Å². The zero-order valence-electron chi connectivity index (χ0n) is 15.6. The Labute approximate surface area is 145 Å². The van der Waals surface area contributed by atoms with Crippen molar-refractivity contribution in [2.75, 3.05) is 20.1 Å². The maximum Gasteiger partial charge on any atom is 0.261 e. The Hall–Kier alpha value is -1.68. The molecule has 0 unspecified atom stereocenters. The number of fused-ring (bicyclic) bond motifs is 1. The number of hydrogen-bond acceptors (Lipinski definition) is 3. The van der Waals surface area contributed by atoms with E-state index in [0.717, 1.165) is 35.6 Å². The van der Waals surface area contributed by atoms with Crippen molar-refractivity contribution in [3.63, 3.8) is 0 Å². The van der Waals surface area contributed by atoms with E-state index in [2.05, 4.69) is 16.9 Å². The molecule has 0 saturated carbocycles. The van der Waals surface area contributed by atoms with E-state index in [1.54, 1.807) is 0 Å². The summed E-state index contributed by atoms with van der Waals surface area (Å²) < 4.78 is 1.84. The molecule has 0 N–H and O–H groups in total. The molecule has 4 heteroatoms. The molecule has 0 aliphatic carbocycles. The molecule has 1 aliphatic rings. The lowest BCUT2D eigenvalue weighted by Crippen LogP contribution is -2.30. The van der Waals surface area contributed by atoms with E-state index in [0.29, 0.717) is 0 Å². The fraction of sp³-hybridized carbons (Fsp3) is 0.600. The molecule has 1 saturated heterocycles. The number of likely N-dealkylation sites (tertiary alicyclic amines) is 1. The summed E-state index contributed by atoms with van der Waals surface area (Å²) in [6.45, 7) is 9.14. The van der Waals surface area contributed by atoms with Crippen molar-refractivity contribution < 1.29 is 0 Å². The summed E-state index contributed by atoms with van der Waals surface area (Å²) in [4.78, 5) is 19.6. The molecule has 2 heterocycles. The number of benzene rings is 1. The SMILES string of the molecule is CC.Cc1nc2ccccc2c(=O)n1CCCC1CCN(C)CC1. The first-order valence-corrected chi connectivity index (χ1v) is 9.30. The molecule has 0 spiro atoms. The van der Waals surface area contributed by atoms with E-state index in [4.69, 9.17) is 0 Å². The topological polar surface area (TPSA) is 38.1 Å². The van der Waals surface area contributed by atoms with E-state index in [1.807, 2.05) is 49.6 Å². The number of nitrogens with zero attached hydrogens (tertiary/aromatic N) is 3. The molecule has 1 fully saturated rings. The van der Waals surface area contributed by atoms with E-state index in [9.17, 15) is 4.79 Å². The van der Waals surface area contributed by atoms with E-state index in [1.165, 1.54) is 32.4 Å². The monoisotopic (exact) mass is 329 g/mol. The molecule has 0 atom stereocenters. The standard InChI is InChI=1S/C18H25N3O.C2H6/c1-14-19-17-8-4-3-7-16(17)18(22)21(14)11-5-6-15-9-12-20(2)13-10-15;1-2/h3-4,7-8,15H,5-6,9-13H2,1-2H3;1-2H3. The van der Waals surface area contributed by atoms with Gasteiger partial charge in [0.25, 0.3) is 5.56 Å². The van der Waals surface area contributed by atoms with Crippen molar-refractivity contribution in [2.45, 2.75) is 53.0 Å². The van der Waals surface area contributed by atoms with Crippen LogP contribution in [0.15, 0.2) is 29.1 Å². The molecule has 1 aromatic heterocycles. The molecule has 0 bridgehead atoms. The van der Waals surface area contributed by atoms with Crippen molar-refractivity contribution >= 4 is 10.9 Å². The molecular formula is C20H31N3O. The highest BCUT2D eigenvalue weighted by Crippen LogP contribution is 2.21. The smallest absolute Gasteiger partial charge is 0.261 e. The Morgan fingerprint density at radius 2 is 1.83 bits per heavy atom. The van der Waals surface area contributed by atoms with Gasteiger partial charge in [-0.15, -0.1) is 0 Å². The van der Waals surface area contributed by atoms with Gasteiger partial charge in [0.15, 0.2) is 0 Å². The van der Waals surface area contributed by atoms with Crippen LogP contribution in [-0.2, 0) is 6.54 Å². The Kier molecular flexibility index (Phi) is 6.98. The molecule has 0 radical (unpaired) electrons. The molecule has 2 aromatic rings. The van der Waals surface area contributed by atoms with E-state index in [-0.39, 0.29) is 5.56 Å². The van der Waals surface area contributed by atoms with E-state index >= 15 is 0 Å². The number of aromatic nitrogens is 2. The quantitative estimate of drug-likeness (QED) is 0.855. The third kappa shape index (κ3) is 4.44. The highest BCUT2D eigenvalue weighted by atomic mass is 16.1. The van der Waals surface area contributed by atoms with Crippen LogP contribution in [0.2, 0.25) is 0 Å². The molecule has 1 aliphatic heterocycles. The molecule has 3 rings (SSSR count). The highest BCUT2D eigenvalue weighted by molar-refractivity contribution is 5.77. The van der Waals surface area contributed by atoms with Gasteiger partial charge in [-0.25, -0.2) is 4.98 Å². The first-order valence-electron chi connectivity index (χ1n) is 9.30. The van der Waals surface area contributed by atoms with Crippen LogP contribution >= 0.6 is 0 Å². The van der Waals surface area contributed by atoms with Gasteiger partial charge in [-0.3, -0.25) is 9.36 Å². The van der Waals surface area contributed by atoms with Crippen molar-refractivity contribution in [2.24, 2.45) is 5.92 Å². The van der Waals surface area contributed by atoms with Gasteiger partial charge in [0.05, 0.1) is 10.9 Å². The van der Waals surface area contributed by atoms with Crippen LogP contribution in [0.25, 0.3) is 10.9 Å². The first kappa shape index (κ1) is 18.7. The largest absolute Gasteiger partial charge is 0.306 e. The van der Waals surface area contributed by atoms with Crippen LogP contribution in [-0.4, -0.2) is 34.6 Å². The van der Waals surface area contributed by atoms with Crippen LogP contribution in [0.5, 0.6) is 0 Å². The summed E-state index contributed by atoms with van der Waals surface area (Å²) in [5, 5.41) is 0.729. The van der Waals surface area contributed by atoms with Gasteiger partial charge in [0.1, 0.15) is 5.82 Å². The van der Waals surface area contributed by atoms with Crippen LogP contribution in [0.1, 0.15) is 45.4 Å². The third-order valence-corrected chi connectivity index (χ3v) is 4.88. The number of piperidine rings is 1. The fourth-order valence-electron chi connectivity index (χ4n) is 3.43. The average Bonchev–Trinajstić information content (AvgIpc) is 2.61. The summed E-state index contributed by atoms with van der Waals surface area (Å²) >= 11 is 0. The Morgan fingerprint density at radius 1 is 1.17 bits per heavy atom. The summed E-state index contributed by atoms with van der Waals surface area (Å²) in [5.41, 5.74) is 0.906. The van der Waals surface area contributed by atoms with Gasteiger partial charge in [-0.05, 0) is 70.8 Å². The summed E-state index contributed by atoms with van der Waals surface area (Å²) in [6, 6.07) is 7.62. The summed E-state index contributed by atoms with van der Waals surface area (Å²) in [6.07, 6.45) is 4.86. The van der Waals surface area contributed by atoms with Gasteiger partial charge in [0.2, 0.25) is 0 Å². The predicted molar refractivity (Wildman–Crippen MR) is 102 cm³/mol. The molecule has 24 heavy (non-hydrogen) atoms. The van der Waals surface area contributed by atoms with Gasteiger partial charge in [-0.1, -0.05) is 26.0 Å². The second-order valence-corrected chi connectivity index (χ2v) is 6.52. The second-order valence-electron chi connectivity index (χ2n) is 6.52. The van der Waals surface area contributed by atoms with Crippen molar-refractivity contribution in [1.29, 1.82) is 0 Å². The normalized spacial score (nSPS) is 16.0. The van der Waals surface area contributed by atoms with Crippen LogP contribution in [0.4, 0.5) is 0 Å². The number of para-hydroxylation sites is 1. The molecular weight excluding hydrogens is 298 g/mol. The lowest BCUT2D eigenvalue weighted by molar-refractivity contribution is 0.208. The molecule has 132 valence electrons. The highest BCUT2D eigenvalue weighted by Gasteiger charge is 2.16. The lowest BCUT2D eigenvalue weighted by atomic mass is 9.92. The molecule has 1 aromatic carbocycles. The zero-order valence-corrected chi connectivity index (χ0v) is 15.6. The summed E-state index contributed by atoms with van der Waals surface area (Å²) in [7, 11) is 2.19. The zero-order chi connectivity index (χ0) is 17.5. The summed E-state index contributed by atoms with van der Waals surface area (Å²) in [5.74, 6) is 1.65.